The molecule has 0 spiro atoms. The van der Waals surface area contributed by atoms with E-state index >= 15 is 0 Å². The molecule has 0 aliphatic carbocycles. The molecule has 5 heteroatoms. The first kappa shape index (κ1) is 19.4. The fraction of sp³-hybridized carbons (Fsp3) is 0.333. The molecule has 0 aromatic heterocycles. The summed E-state index contributed by atoms with van der Waals surface area (Å²) in [6.45, 7) is 6.92. The standard InChI is InChI=1S/C24H27N3O2/c1-2-25-15-17-26(18-16-25)22-21(20-11-7-4-8-12-20)23(28)27(24(22)29)14-13-19-9-5-3-6-10-19/h3-12H,2,13-18H2,1H3. The zero-order chi connectivity index (χ0) is 20.2. The van der Waals surface area contributed by atoms with Gasteiger partial charge >= 0.3 is 0 Å². The third-order valence-corrected chi connectivity index (χ3v) is 5.81. The van der Waals surface area contributed by atoms with Crippen LogP contribution >= 0.6 is 0 Å². The molecule has 5 nitrogen and oxygen atoms in total. The van der Waals surface area contributed by atoms with Crippen molar-refractivity contribution >= 4 is 17.4 Å². The van der Waals surface area contributed by atoms with Crippen molar-refractivity contribution in [2.24, 2.45) is 0 Å². The molecule has 0 saturated carbocycles. The smallest absolute Gasteiger partial charge is 0.277 e. The van der Waals surface area contributed by atoms with E-state index in [2.05, 4.69) is 16.7 Å². The Morgan fingerprint density at radius 3 is 2.03 bits per heavy atom. The summed E-state index contributed by atoms with van der Waals surface area (Å²) in [6, 6.07) is 19.6. The topological polar surface area (TPSA) is 43.9 Å². The highest BCUT2D eigenvalue weighted by molar-refractivity contribution is 6.35. The molecule has 0 N–H and O–H groups in total. The second-order valence-corrected chi connectivity index (χ2v) is 7.51. The Morgan fingerprint density at radius 2 is 1.41 bits per heavy atom. The highest BCUT2D eigenvalue weighted by atomic mass is 16.2. The summed E-state index contributed by atoms with van der Waals surface area (Å²) in [4.78, 5) is 32.6. The van der Waals surface area contributed by atoms with E-state index in [-0.39, 0.29) is 11.8 Å². The van der Waals surface area contributed by atoms with Crippen LogP contribution < -0.4 is 0 Å². The van der Waals surface area contributed by atoms with Crippen molar-refractivity contribution in [2.75, 3.05) is 39.3 Å². The molecule has 0 atom stereocenters. The molecule has 0 radical (unpaired) electrons. The minimum atomic E-state index is -0.176. The molecular weight excluding hydrogens is 362 g/mol. The van der Waals surface area contributed by atoms with Crippen molar-refractivity contribution in [3.05, 3.63) is 77.5 Å². The van der Waals surface area contributed by atoms with Crippen LogP contribution in [0, 0.1) is 0 Å². The lowest BCUT2D eigenvalue weighted by Gasteiger charge is -2.36. The number of benzene rings is 2. The van der Waals surface area contributed by atoms with Gasteiger partial charge in [-0.1, -0.05) is 67.6 Å². The van der Waals surface area contributed by atoms with Gasteiger partial charge < -0.3 is 9.80 Å². The van der Waals surface area contributed by atoms with Gasteiger partial charge in [-0.15, -0.1) is 0 Å². The lowest BCUT2D eigenvalue weighted by molar-refractivity contribution is -0.137. The van der Waals surface area contributed by atoms with E-state index < -0.39 is 0 Å². The lowest BCUT2D eigenvalue weighted by Crippen LogP contribution is -2.47. The Labute approximate surface area is 172 Å². The predicted molar refractivity (Wildman–Crippen MR) is 114 cm³/mol. The fourth-order valence-electron chi connectivity index (χ4n) is 4.10. The van der Waals surface area contributed by atoms with Gasteiger partial charge in [-0.05, 0) is 24.1 Å². The Hall–Kier alpha value is -2.92. The van der Waals surface area contributed by atoms with Crippen LogP contribution in [0.5, 0.6) is 0 Å². The Morgan fingerprint density at radius 1 is 0.793 bits per heavy atom. The number of carbonyl (C=O) groups excluding carboxylic acids is 2. The molecule has 2 aliphatic heterocycles. The number of amides is 2. The highest BCUT2D eigenvalue weighted by Crippen LogP contribution is 2.32. The van der Waals surface area contributed by atoms with Gasteiger partial charge in [0.05, 0.1) is 5.57 Å². The van der Waals surface area contributed by atoms with E-state index in [0.29, 0.717) is 24.2 Å². The molecule has 0 bridgehead atoms. The van der Waals surface area contributed by atoms with Crippen LogP contribution in [0.1, 0.15) is 18.1 Å². The molecule has 2 aromatic rings. The second kappa shape index (κ2) is 8.62. The van der Waals surface area contributed by atoms with Crippen LogP contribution in [0.4, 0.5) is 0 Å². The molecule has 29 heavy (non-hydrogen) atoms. The van der Waals surface area contributed by atoms with E-state index in [9.17, 15) is 9.59 Å². The molecule has 1 fully saturated rings. The van der Waals surface area contributed by atoms with E-state index in [4.69, 9.17) is 0 Å². The molecule has 1 saturated heterocycles. The molecule has 2 aromatic carbocycles. The van der Waals surface area contributed by atoms with Crippen molar-refractivity contribution in [1.82, 2.24) is 14.7 Å². The predicted octanol–water partition coefficient (Wildman–Crippen LogP) is 2.65. The molecule has 4 rings (SSSR count). The van der Waals surface area contributed by atoms with Gasteiger partial charge in [-0.2, -0.15) is 0 Å². The van der Waals surface area contributed by atoms with E-state index in [0.717, 1.165) is 43.9 Å². The molecular formula is C24H27N3O2. The van der Waals surface area contributed by atoms with Gasteiger partial charge in [0.25, 0.3) is 11.8 Å². The molecule has 2 amide bonds. The summed E-state index contributed by atoms with van der Waals surface area (Å²) < 4.78 is 0. The monoisotopic (exact) mass is 389 g/mol. The van der Waals surface area contributed by atoms with Gasteiger partial charge in [-0.25, -0.2) is 0 Å². The van der Waals surface area contributed by atoms with Crippen molar-refractivity contribution in [1.29, 1.82) is 0 Å². The summed E-state index contributed by atoms with van der Waals surface area (Å²) in [6.07, 6.45) is 0.664. The number of rotatable bonds is 6. The number of carbonyl (C=O) groups is 2. The van der Waals surface area contributed by atoms with E-state index in [1.165, 1.54) is 4.90 Å². The lowest BCUT2D eigenvalue weighted by atomic mass is 10.0. The molecule has 2 heterocycles. The third-order valence-electron chi connectivity index (χ3n) is 5.81. The van der Waals surface area contributed by atoms with E-state index in [1.54, 1.807) is 0 Å². The van der Waals surface area contributed by atoms with Crippen LogP contribution in [0.15, 0.2) is 66.4 Å². The van der Waals surface area contributed by atoms with Crippen molar-refractivity contribution in [2.45, 2.75) is 13.3 Å². The van der Waals surface area contributed by atoms with Crippen molar-refractivity contribution in [3.63, 3.8) is 0 Å². The minimum Gasteiger partial charge on any atom is -0.364 e. The Balaban J connectivity index is 1.61. The number of piperazine rings is 1. The minimum absolute atomic E-state index is 0.158. The number of hydrogen-bond acceptors (Lipinski definition) is 4. The van der Waals surface area contributed by atoms with Gasteiger partial charge in [0.1, 0.15) is 5.70 Å². The Kier molecular flexibility index (Phi) is 5.76. The van der Waals surface area contributed by atoms with Gasteiger partial charge in [-0.3, -0.25) is 14.5 Å². The van der Waals surface area contributed by atoms with Crippen LogP contribution in [0.25, 0.3) is 5.57 Å². The van der Waals surface area contributed by atoms with Crippen LogP contribution in [-0.2, 0) is 16.0 Å². The summed E-state index contributed by atoms with van der Waals surface area (Å²) >= 11 is 0. The van der Waals surface area contributed by atoms with Crippen molar-refractivity contribution in [3.8, 4) is 0 Å². The van der Waals surface area contributed by atoms with E-state index in [1.807, 2.05) is 60.7 Å². The summed E-state index contributed by atoms with van der Waals surface area (Å²) in [7, 11) is 0. The number of imide groups is 1. The van der Waals surface area contributed by atoms with Crippen molar-refractivity contribution < 1.29 is 9.59 Å². The quantitative estimate of drug-likeness (QED) is 0.713. The number of nitrogens with zero attached hydrogens (tertiary/aromatic N) is 3. The van der Waals surface area contributed by atoms with Crippen LogP contribution in [0.2, 0.25) is 0 Å². The SMILES string of the molecule is CCN1CCN(C2=C(c3ccccc3)C(=O)N(CCc3ccccc3)C2=O)CC1. The van der Waals surface area contributed by atoms with Gasteiger partial charge in [0.15, 0.2) is 0 Å². The molecule has 150 valence electrons. The third kappa shape index (κ3) is 3.96. The zero-order valence-corrected chi connectivity index (χ0v) is 16.9. The van der Waals surface area contributed by atoms with Crippen LogP contribution in [0.3, 0.4) is 0 Å². The van der Waals surface area contributed by atoms with Gasteiger partial charge in [0.2, 0.25) is 0 Å². The Bertz CT molecular complexity index is 900. The maximum absolute atomic E-state index is 13.4. The molecule has 2 aliphatic rings. The fourth-order valence-corrected chi connectivity index (χ4v) is 4.10. The zero-order valence-electron chi connectivity index (χ0n) is 16.9. The average Bonchev–Trinajstić information content (AvgIpc) is 3.03. The summed E-state index contributed by atoms with van der Waals surface area (Å²) in [5, 5.41) is 0. The maximum atomic E-state index is 13.4. The average molecular weight is 389 g/mol. The maximum Gasteiger partial charge on any atom is 0.277 e. The first-order valence-corrected chi connectivity index (χ1v) is 10.4. The van der Waals surface area contributed by atoms with Crippen LogP contribution in [-0.4, -0.2) is 65.8 Å². The largest absolute Gasteiger partial charge is 0.364 e. The summed E-state index contributed by atoms with van der Waals surface area (Å²) in [5.74, 6) is -0.334. The highest BCUT2D eigenvalue weighted by Gasteiger charge is 2.41. The number of hydrogen-bond donors (Lipinski definition) is 0. The molecule has 0 unspecified atom stereocenters. The first-order valence-electron chi connectivity index (χ1n) is 10.4. The number of likely N-dealkylation sites (N-methyl/N-ethyl adjacent to an activating group) is 1. The normalized spacial score (nSPS) is 18.1. The van der Waals surface area contributed by atoms with Gasteiger partial charge in [0, 0.05) is 32.7 Å². The summed E-state index contributed by atoms with van der Waals surface area (Å²) in [5.41, 5.74) is 3.07. The second-order valence-electron chi connectivity index (χ2n) is 7.51. The first-order chi connectivity index (χ1) is 14.2.